The Balaban J connectivity index is 2.20. The average Bonchev–Trinajstić information content (AvgIpc) is 2.73. The summed E-state index contributed by atoms with van der Waals surface area (Å²) in [5.41, 5.74) is 6.94. The van der Waals surface area contributed by atoms with Crippen molar-refractivity contribution in [3.8, 4) is 0 Å². The molecule has 4 nitrogen and oxygen atoms in total. The van der Waals surface area contributed by atoms with E-state index in [1.54, 1.807) is 11.3 Å². The van der Waals surface area contributed by atoms with Crippen LogP contribution in [0.15, 0.2) is 0 Å². The highest BCUT2D eigenvalue weighted by Crippen LogP contribution is 2.31. The molecule has 0 radical (unpaired) electrons. The third kappa shape index (κ3) is 2.78. The van der Waals surface area contributed by atoms with Crippen molar-refractivity contribution in [2.75, 3.05) is 24.6 Å². The maximum absolute atomic E-state index is 5.79. The fraction of sp³-hybridized carbons (Fsp3) is 0.750. The molecule has 2 rings (SSSR count). The smallest absolute Gasteiger partial charge is 0.186 e. The molecular formula is C12H21N3OS. The van der Waals surface area contributed by atoms with Gasteiger partial charge in [0, 0.05) is 24.5 Å². The van der Waals surface area contributed by atoms with Gasteiger partial charge in [-0.25, -0.2) is 4.98 Å². The molecule has 0 amide bonds. The predicted octanol–water partition coefficient (Wildman–Crippen LogP) is 1.95. The second-order valence-electron chi connectivity index (χ2n) is 4.79. The Morgan fingerprint density at radius 1 is 1.59 bits per heavy atom. The van der Waals surface area contributed by atoms with Gasteiger partial charge in [0.15, 0.2) is 5.13 Å². The zero-order valence-corrected chi connectivity index (χ0v) is 11.6. The Labute approximate surface area is 107 Å². The number of ether oxygens (including phenoxy) is 1. The predicted molar refractivity (Wildman–Crippen MR) is 71.7 cm³/mol. The Bertz CT molecular complexity index is 378. The van der Waals surface area contributed by atoms with Gasteiger partial charge in [-0.05, 0) is 12.8 Å². The summed E-state index contributed by atoms with van der Waals surface area (Å²) in [5, 5.41) is 1.10. The lowest BCUT2D eigenvalue weighted by atomic mass is 10.1. The van der Waals surface area contributed by atoms with E-state index in [4.69, 9.17) is 15.5 Å². The number of hydrogen-bond acceptors (Lipinski definition) is 5. The second-order valence-corrected chi connectivity index (χ2v) is 5.85. The van der Waals surface area contributed by atoms with Gasteiger partial charge < -0.3 is 15.4 Å². The van der Waals surface area contributed by atoms with Crippen LogP contribution in [0.5, 0.6) is 0 Å². The van der Waals surface area contributed by atoms with Gasteiger partial charge in [0.05, 0.1) is 18.4 Å². The highest BCUT2D eigenvalue weighted by molar-refractivity contribution is 7.15. The first kappa shape index (κ1) is 12.8. The lowest BCUT2D eigenvalue weighted by Gasteiger charge is -2.30. The summed E-state index contributed by atoms with van der Waals surface area (Å²) in [4.78, 5) is 8.27. The summed E-state index contributed by atoms with van der Waals surface area (Å²) in [6, 6.07) is 0. The first-order valence-corrected chi connectivity index (χ1v) is 6.99. The SMILES string of the molecule is CC1CN(c2nc(C(C)C)c(CN)s2)CCO1. The number of rotatable bonds is 3. The van der Waals surface area contributed by atoms with Gasteiger partial charge in [-0.2, -0.15) is 0 Å². The summed E-state index contributed by atoms with van der Waals surface area (Å²) in [7, 11) is 0. The van der Waals surface area contributed by atoms with Crippen molar-refractivity contribution >= 4 is 16.5 Å². The van der Waals surface area contributed by atoms with Crippen molar-refractivity contribution < 1.29 is 4.74 Å². The Morgan fingerprint density at radius 3 is 2.88 bits per heavy atom. The van der Waals surface area contributed by atoms with Crippen LogP contribution in [0.25, 0.3) is 0 Å². The molecule has 1 unspecified atom stereocenters. The number of thiazole rings is 1. The third-order valence-electron chi connectivity index (χ3n) is 2.96. The molecule has 0 aromatic carbocycles. The summed E-state index contributed by atoms with van der Waals surface area (Å²) in [6.07, 6.45) is 0.288. The van der Waals surface area contributed by atoms with E-state index >= 15 is 0 Å². The highest BCUT2D eigenvalue weighted by Gasteiger charge is 2.22. The van der Waals surface area contributed by atoms with Gasteiger partial charge in [-0.1, -0.05) is 13.8 Å². The molecule has 96 valence electrons. The molecule has 5 heteroatoms. The van der Waals surface area contributed by atoms with E-state index in [1.807, 2.05) is 0 Å². The van der Waals surface area contributed by atoms with E-state index in [0.29, 0.717) is 12.5 Å². The van der Waals surface area contributed by atoms with Crippen LogP contribution >= 0.6 is 11.3 Å². The molecule has 1 fully saturated rings. The van der Waals surface area contributed by atoms with Gasteiger partial charge in [0.2, 0.25) is 0 Å². The van der Waals surface area contributed by atoms with Crippen LogP contribution < -0.4 is 10.6 Å². The maximum atomic E-state index is 5.79. The van der Waals surface area contributed by atoms with E-state index in [9.17, 15) is 0 Å². The fourth-order valence-corrected chi connectivity index (χ4v) is 3.20. The molecule has 2 N–H and O–H groups in total. The van der Waals surface area contributed by atoms with Crippen LogP contribution in [-0.2, 0) is 11.3 Å². The van der Waals surface area contributed by atoms with Crippen LogP contribution in [0.2, 0.25) is 0 Å². The Hall–Kier alpha value is -0.650. The molecule has 1 aliphatic rings. The number of aromatic nitrogens is 1. The number of morpholine rings is 1. The van der Waals surface area contributed by atoms with Gasteiger partial charge in [0.1, 0.15) is 0 Å². The van der Waals surface area contributed by atoms with Crippen LogP contribution in [0.3, 0.4) is 0 Å². The van der Waals surface area contributed by atoms with Gasteiger partial charge in [-0.15, -0.1) is 11.3 Å². The molecule has 1 aromatic heterocycles. The molecule has 0 bridgehead atoms. The summed E-state index contributed by atoms with van der Waals surface area (Å²) < 4.78 is 5.55. The summed E-state index contributed by atoms with van der Waals surface area (Å²) in [5.74, 6) is 0.442. The molecule has 1 atom stereocenters. The van der Waals surface area contributed by atoms with Crippen molar-refractivity contribution in [3.05, 3.63) is 10.6 Å². The highest BCUT2D eigenvalue weighted by atomic mass is 32.1. The molecule has 17 heavy (non-hydrogen) atoms. The lowest BCUT2D eigenvalue weighted by Crippen LogP contribution is -2.41. The standard InChI is InChI=1S/C12H21N3OS/c1-8(2)11-10(6-13)17-12(14-11)15-4-5-16-9(3)7-15/h8-9H,4-7,13H2,1-3H3. The van der Waals surface area contributed by atoms with Crippen LogP contribution in [-0.4, -0.2) is 30.8 Å². The Morgan fingerprint density at radius 2 is 2.35 bits per heavy atom. The van der Waals surface area contributed by atoms with Crippen LogP contribution in [0.4, 0.5) is 5.13 Å². The molecule has 1 aliphatic heterocycles. The van der Waals surface area contributed by atoms with Crippen LogP contribution in [0.1, 0.15) is 37.3 Å². The quantitative estimate of drug-likeness (QED) is 0.897. The van der Waals surface area contributed by atoms with E-state index in [1.165, 1.54) is 4.88 Å². The van der Waals surface area contributed by atoms with Gasteiger partial charge in [0.25, 0.3) is 0 Å². The topological polar surface area (TPSA) is 51.4 Å². The van der Waals surface area contributed by atoms with Crippen LogP contribution in [0, 0.1) is 0 Å². The van der Waals surface area contributed by atoms with Gasteiger partial charge >= 0.3 is 0 Å². The fourth-order valence-electron chi connectivity index (χ4n) is 2.08. The molecule has 1 aromatic rings. The number of hydrogen-bond donors (Lipinski definition) is 1. The maximum Gasteiger partial charge on any atom is 0.186 e. The van der Waals surface area contributed by atoms with E-state index in [2.05, 4.69) is 25.7 Å². The summed E-state index contributed by atoms with van der Waals surface area (Å²) in [6.45, 7) is 9.67. The van der Waals surface area contributed by atoms with E-state index in [0.717, 1.165) is 30.5 Å². The van der Waals surface area contributed by atoms with Crippen molar-refractivity contribution in [2.24, 2.45) is 5.73 Å². The van der Waals surface area contributed by atoms with Crippen molar-refractivity contribution in [1.29, 1.82) is 0 Å². The Kier molecular flexibility index (Phi) is 4.01. The minimum atomic E-state index is 0.288. The number of nitrogens with two attached hydrogens (primary N) is 1. The molecular weight excluding hydrogens is 234 g/mol. The first-order chi connectivity index (χ1) is 8.11. The molecule has 0 aliphatic carbocycles. The molecule has 1 saturated heterocycles. The largest absolute Gasteiger partial charge is 0.375 e. The average molecular weight is 255 g/mol. The van der Waals surface area contributed by atoms with Crippen molar-refractivity contribution in [3.63, 3.8) is 0 Å². The normalized spacial score (nSPS) is 21.2. The lowest BCUT2D eigenvalue weighted by molar-refractivity contribution is 0.0532. The van der Waals surface area contributed by atoms with Gasteiger partial charge in [-0.3, -0.25) is 0 Å². The molecule has 0 spiro atoms. The van der Waals surface area contributed by atoms with Crippen molar-refractivity contribution in [2.45, 2.75) is 39.3 Å². The second kappa shape index (κ2) is 5.33. The molecule has 2 heterocycles. The van der Waals surface area contributed by atoms with E-state index in [-0.39, 0.29) is 6.10 Å². The third-order valence-corrected chi connectivity index (χ3v) is 4.11. The van der Waals surface area contributed by atoms with Crippen molar-refractivity contribution in [1.82, 2.24) is 4.98 Å². The zero-order chi connectivity index (χ0) is 12.4. The van der Waals surface area contributed by atoms with E-state index < -0.39 is 0 Å². The number of anilines is 1. The molecule has 0 saturated carbocycles. The monoisotopic (exact) mass is 255 g/mol. The summed E-state index contributed by atoms with van der Waals surface area (Å²) >= 11 is 1.73. The zero-order valence-electron chi connectivity index (χ0n) is 10.8. The minimum absolute atomic E-state index is 0.288. The first-order valence-electron chi connectivity index (χ1n) is 6.18. The minimum Gasteiger partial charge on any atom is -0.375 e. The number of nitrogens with zero attached hydrogens (tertiary/aromatic N) is 2.